The molecule has 0 amide bonds. The summed E-state index contributed by atoms with van der Waals surface area (Å²) < 4.78 is 2.35. The average molecular weight is 422 g/mol. The first kappa shape index (κ1) is 19.0. The maximum absolute atomic E-state index is 9.24. The van der Waals surface area contributed by atoms with Crippen LogP contribution in [0.4, 0.5) is 0 Å². The minimum Gasteiger partial charge on any atom is -0.309 e. The van der Waals surface area contributed by atoms with E-state index in [0.717, 1.165) is 28.1 Å². The summed E-state index contributed by atoms with van der Waals surface area (Å²) in [6, 6.07) is 41.7. The molecule has 3 nitrogen and oxygen atoms in total. The van der Waals surface area contributed by atoms with Gasteiger partial charge in [0.2, 0.25) is 0 Å². The molecule has 3 heteroatoms. The van der Waals surface area contributed by atoms with Gasteiger partial charge in [-0.25, -0.2) is 4.98 Å². The van der Waals surface area contributed by atoms with Gasteiger partial charge in [0.05, 0.1) is 22.4 Å². The molecule has 33 heavy (non-hydrogen) atoms. The summed E-state index contributed by atoms with van der Waals surface area (Å²) in [5, 5.41) is 11.7. The molecule has 4 aromatic carbocycles. The van der Waals surface area contributed by atoms with Gasteiger partial charge in [-0.05, 0) is 42.0 Å². The van der Waals surface area contributed by atoms with Crippen molar-refractivity contribution in [2.75, 3.05) is 0 Å². The lowest BCUT2D eigenvalue weighted by Gasteiger charge is -2.14. The summed E-state index contributed by atoms with van der Waals surface area (Å²) in [5.41, 5.74) is 7.95. The highest BCUT2D eigenvalue weighted by Gasteiger charge is 2.15. The Morgan fingerprint density at radius 2 is 1.24 bits per heavy atom. The van der Waals surface area contributed by atoms with Crippen LogP contribution >= 0.6 is 0 Å². The standard InChI is InChI=1S/C30H19N3/c31-20-23-11-8-15-27(32-23)22-10-7-9-21(19-22)24-12-1-4-16-28(24)33-29-17-5-2-13-25(29)26-14-3-6-18-30(26)33/h1-19H. The number of nitrogens with zero attached hydrogens (tertiary/aromatic N) is 3. The zero-order valence-electron chi connectivity index (χ0n) is 17.8. The van der Waals surface area contributed by atoms with E-state index in [1.54, 1.807) is 6.07 Å². The molecule has 0 aliphatic carbocycles. The molecule has 0 aliphatic heterocycles. The predicted molar refractivity (Wildman–Crippen MR) is 134 cm³/mol. The van der Waals surface area contributed by atoms with Crippen molar-refractivity contribution in [3.63, 3.8) is 0 Å². The van der Waals surface area contributed by atoms with Crippen molar-refractivity contribution in [3.05, 3.63) is 121 Å². The zero-order valence-corrected chi connectivity index (χ0v) is 17.8. The molecule has 6 aromatic rings. The number of pyridine rings is 1. The number of rotatable bonds is 3. The normalized spacial score (nSPS) is 11.0. The third-order valence-electron chi connectivity index (χ3n) is 6.06. The average Bonchev–Trinajstić information content (AvgIpc) is 3.23. The topological polar surface area (TPSA) is 41.6 Å². The van der Waals surface area contributed by atoms with Crippen LogP contribution in [0.25, 0.3) is 49.9 Å². The maximum atomic E-state index is 9.24. The van der Waals surface area contributed by atoms with Crippen molar-refractivity contribution < 1.29 is 0 Å². The van der Waals surface area contributed by atoms with Crippen LogP contribution in [-0.4, -0.2) is 9.55 Å². The van der Waals surface area contributed by atoms with Gasteiger partial charge in [0.1, 0.15) is 11.8 Å². The molecular weight excluding hydrogens is 402 g/mol. The van der Waals surface area contributed by atoms with Gasteiger partial charge in [0, 0.05) is 21.9 Å². The van der Waals surface area contributed by atoms with E-state index in [0.29, 0.717) is 5.69 Å². The number of fused-ring (bicyclic) bond motifs is 3. The Morgan fingerprint density at radius 3 is 2.00 bits per heavy atom. The third-order valence-corrected chi connectivity index (χ3v) is 6.06. The molecule has 0 saturated heterocycles. The lowest BCUT2D eigenvalue weighted by atomic mass is 9.99. The molecule has 0 aliphatic rings. The van der Waals surface area contributed by atoms with Gasteiger partial charge in [-0.3, -0.25) is 0 Å². The second-order valence-corrected chi connectivity index (χ2v) is 7.99. The molecule has 2 aromatic heterocycles. The highest BCUT2D eigenvalue weighted by atomic mass is 15.0. The number of nitriles is 1. The van der Waals surface area contributed by atoms with E-state index in [1.165, 1.54) is 21.8 Å². The molecular formula is C30H19N3. The second kappa shape index (κ2) is 7.78. The Labute approximate surface area is 191 Å². The first-order valence-electron chi connectivity index (χ1n) is 10.9. The van der Waals surface area contributed by atoms with E-state index in [9.17, 15) is 5.26 Å². The molecule has 154 valence electrons. The highest BCUT2D eigenvalue weighted by molar-refractivity contribution is 6.09. The molecule has 2 heterocycles. The van der Waals surface area contributed by atoms with E-state index in [4.69, 9.17) is 0 Å². The number of para-hydroxylation sites is 3. The van der Waals surface area contributed by atoms with Crippen LogP contribution in [0.2, 0.25) is 0 Å². The van der Waals surface area contributed by atoms with Crippen molar-refractivity contribution in [2.24, 2.45) is 0 Å². The molecule has 0 atom stereocenters. The summed E-state index contributed by atoms with van der Waals surface area (Å²) in [6.45, 7) is 0. The number of hydrogen-bond acceptors (Lipinski definition) is 2. The van der Waals surface area contributed by atoms with Crippen LogP contribution < -0.4 is 0 Å². The third kappa shape index (κ3) is 3.17. The first-order chi connectivity index (χ1) is 16.3. The number of benzene rings is 4. The summed E-state index contributed by atoms with van der Waals surface area (Å²) in [5.74, 6) is 0. The fourth-order valence-electron chi connectivity index (χ4n) is 4.60. The molecule has 0 bridgehead atoms. The number of hydrogen-bond donors (Lipinski definition) is 0. The largest absolute Gasteiger partial charge is 0.309 e. The fourth-order valence-corrected chi connectivity index (χ4v) is 4.60. The Morgan fingerprint density at radius 1 is 0.606 bits per heavy atom. The van der Waals surface area contributed by atoms with Crippen LogP contribution in [0.3, 0.4) is 0 Å². The molecule has 0 N–H and O–H groups in total. The summed E-state index contributed by atoms with van der Waals surface area (Å²) in [4.78, 5) is 4.48. The van der Waals surface area contributed by atoms with E-state index >= 15 is 0 Å². The minimum atomic E-state index is 0.420. The number of aromatic nitrogens is 2. The maximum Gasteiger partial charge on any atom is 0.141 e. The van der Waals surface area contributed by atoms with E-state index in [2.05, 4.69) is 101 Å². The van der Waals surface area contributed by atoms with Gasteiger partial charge >= 0.3 is 0 Å². The SMILES string of the molecule is N#Cc1cccc(-c2cccc(-c3ccccc3-n3c4ccccc4c4ccccc43)c2)n1. The molecule has 0 saturated carbocycles. The Hall–Kier alpha value is -4.68. The van der Waals surface area contributed by atoms with Crippen molar-refractivity contribution in [1.29, 1.82) is 5.26 Å². The van der Waals surface area contributed by atoms with Gasteiger partial charge in [-0.1, -0.05) is 78.9 Å². The first-order valence-corrected chi connectivity index (χ1v) is 10.9. The van der Waals surface area contributed by atoms with E-state index in [-0.39, 0.29) is 0 Å². The highest BCUT2D eigenvalue weighted by Crippen LogP contribution is 2.36. The van der Waals surface area contributed by atoms with Crippen LogP contribution in [-0.2, 0) is 0 Å². The van der Waals surface area contributed by atoms with E-state index < -0.39 is 0 Å². The minimum absolute atomic E-state index is 0.420. The lowest BCUT2D eigenvalue weighted by molar-refractivity contribution is 1.18. The lowest BCUT2D eigenvalue weighted by Crippen LogP contribution is -1.97. The molecule has 0 fully saturated rings. The van der Waals surface area contributed by atoms with Crippen LogP contribution in [0.5, 0.6) is 0 Å². The zero-order chi connectivity index (χ0) is 22.2. The summed E-state index contributed by atoms with van der Waals surface area (Å²) in [7, 11) is 0. The van der Waals surface area contributed by atoms with Gasteiger partial charge < -0.3 is 4.57 Å². The van der Waals surface area contributed by atoms with Gasteiger partial charge in [0.25, 0.3) is 0 Å². The molecule has 0 unspecified atom stereocenters. The quantitative estimate of drug-likeness (QED) is 0.299. The van der Waals surface area contributed by atoms with Crippen molar-refractivity contribution in [3.8, 4) is 34.1 Å². The second-order valence-electron chi connectivity index (χ2n) is 7.99. The van der Waals surface area contributed by atoms with Gasteiger partial charge in [-0.15, -0.1) is 0 Å². The molecule has 0 spiro atoms. The Balaban J connectivity index is 1.59. The van der Waals surface area contributed by atoms with Crippen molar-refractivity contribution >= 4 is 21.8 Å². The van der Waals surface area contributed by atoms with Crippen molar-refractivity contribution in [1.82, 2.24) is 9.55 Å². The fraction of sp³-hybridized carbons (Fsp3) is 0. The summed E-state index contributed by atoms with van der Waals surface area (Å²) >= 11 is 0. The molecule has 0 radical (unpaired) electrons. The monoisotopic (exact) mass is 421 g/mol. The Bertz CT molecular complexity index is 1630. The van der Waals surface area contributed by atoms with Crippen molar-refractivity contribution in [2.45, 2.75) is 0 Å². The Kier molecular flexibility index (Phi) is 4.49. The van der Waals surface area contributed by atoms with Gasteiger partial charge in [-0.2, -0.15) is 5.26 Å². The van der Waals surface area contributed by atoms with Crippen LogP contribution in [0.15, 0.2) is 115 Å². The predicted octanol–water partition coefficient (Wildman–Crippen LogP) is 7.38. The van der Waals surface area contributed by atoms with E-state index in [1.807, 2.05) is 24.3 Å². The smallest absolute Gasteiger partial charge is 0.141 e. The summed E-state index contributed by atoms with van der Waals surface area (Å²) in [6.07, 6.45) is 0. The van der Waals surface area contributed by atoms with Crippen LogP contribution in [0.1, 0.15) is 5.69 Å². The van der Waals surface area contributed by atoms with Gasteiger partial charge in [0.15, 0.2) is 0 Å². The molecule has 6 rings (SSSR count). The van der Waals surface area contributed by atoms with Crippen LogP contribution in [0, 0.1) is 11.3 Å².